The lowest BCUT2D eigenvalue weighted by atomic mass is 9.87. The fourth-order valence-electron chi connectivity index (χ4n) is 2.80. The highest BCUT2D eigenvalue weighted by Gasteiger charge is 2.20. The third-order valence-corrected chi connectivity index (χ3v) is 3.76. The third-order valence-electron chi connectivity index (χ3n) is 3.76. The Morgan fingerprint density at radius 3 is 2.26 bits per heavy atom. The molecule has 108 valence electrons. The zero-order chi connectivity index (χ0) is 14.1. The van der Waals surface area contributed by atoms with Crippen LogP contribution in [0.5, 0.6) is 0 Å². The smallest absolute Gasteiger partial charge is 0.0419 e. The van der Waals surface area contributed by atoms with Gasteiger partial charge >= 0.3 is 0 Å². The molecule has 2 heteroatoms. The molecular weight excluding hydrogens is 232 g/mol. The van der Waals surface area contributed by atoms with Gasteiger partial charge in [-0.25, -0.2) is 0 Å². The van der Waals surface area contributed by atoms with E-state index in [1.54, 1.807) is 0 Å². The Morgan fingerprint density at radius 1 is 1.11 bits per heavy atom. The number of aromatic nitrogens is 1. The highest BCUT2D eigenvalue weighted by atomic mass is 14.9. The van der Waals surface area contributed by atoms with Gasteiger partial charge in [-0.05, 0) is 43.9 Å². The number of hydrogen-bond donors (Lipinski definition) is 1. The Balaban J connectivity index is 2.71. The molecule has 0 bridgehead atoms. The van der Waals surface area contributed by atoms with Crippen molar-refractivity contribution in [2.24, 2.45) is 5.92 Å². The number of nitrogens with one attached hydrogen (secondary N) is 1. The molecule has 0 aliphatic rings. The normalized spacial score (nSPS) is 12.9. The molecule has 0 aliphatic carbocycles. The van der Waals surface area contributed by atoms with Crippen molar-refractivity contribution in [1.29, 1.82) is 0 Å². The van der Waals surface area contributed by atoms with Crippen molar-refractivity contribution in [3.05, 3.63) is 29.6 Å². The van der Waals surface area contributed by atoms with E-state index in [0.29, 0.717) is 6.04 Å². The van der Waals surface area contributed by atoms with Gasteiger partial charge in [0.25, 0.3) is 0 Å². The fraction of sp³-hybridized carbons (Fsp3) is 0.706. The molecule has 0 fully saturated rings. The summed E-state index contributed by atoms with van der Waals surface area (Å²) >= 11 is 0. The molecule has 1 N–H and O–H groups in total. The van der Waals surface area contributed by atoms with Gasteiger partial charge in [0.15, 0.2) is 0 Å². The number of hydrogen-bond acceptors (Lipinski definition) is 2. The number of likely N-dealkylation sites (N-methyl/N-ethyl adjacent to an activating group) is 1. The monoisotopic (exact) mass is 262 g/mol. The summed E-state index contributed by atoms with van der Waals surface area (Å²) in [4.78, 5) is 4.56. The molecule has 1 unspecified atom stereocenters. The van der Waals surface area contributed by atoms with Crippen molar-refractivity contribution in [1.82, 2.24) is 10.3 Å². The Kier molecular flexibility index (Phi) is 7.73. The van der Waals surface area contributed by atoms with Gasteiger partial charge in [-0.1, -0.05) is 39.7 Å². The summed E-state index contributed by atoms with van der Waals surface area (Å²) in [6, 6.07) is 4.91. The number of pyridine rings is 1. The average Bonchev–Trinajstić information content (AvgIpc) is 2.40. The fourth-order valence-corrected chi connectivity index (χ4v) is 2.80. The molecule has 1 heterocycles. The van der Waals surface area contributed by atoms with E-state index in [2.05, 4.69) is 50.1 Å². The molecular formula is C17H30N2. The summed E-state index contributed by atoms with van der Waals surface area (Å²) in [5, 5.41) is 3.68. The van der Waals surface area contributed by atoms with Crippen molar-refractivity contribution < 1.29 is 0 Å². The molecule has 1 rings (SSSR count). The van der Waals surface area contributed by atoms with Crippen LogP contribution in [0.15, 0.2) is 18.3 Å². The summed E-state index contributed by atoms with van der Waals surface area (Å²) < 4.78 is 0. The zero-order valence-electron chi connectivity index (χ0n) is 13.1. The van der Waals surface area contributed by atoms with Gasteiger partial charge in [0.2, 0.25) is 0 Å². The molecule has 2 nitrogen and oxygen atoms in total. The third kappa shape index (κ3) is 5.73. The van der Waals surface area contributed by atoms with Gasteiger partial charge in [-0.3, -0.25) is 4.98 Å². The molecule has 0 radical (unpaired) electrons. The van der Waals surface area contributed by atoms with Gasteiger partial charge < -0.3 is 5.32 Å². The molecule has 0 spiro atoms. The van der Waals surface area contributed by atoms with E-state index in [1.807, 2.05) is 6.20 Å². The van der Waals surface area contributed by atoms with Crippen LogP contribution in [-0.4, -0.2) is 17.6 Å². The molecule has 0 aromatic carbocycles. The summed E-state index contributed by atoms with van der Waals surface area (Å²) in [6.45, 7) is 9.91. The van der Waals surface area contributed by atoms with E-state index in [0.717, 1.165) is 18.9 Å². The lowest BCUT2D eigenvalue weighted by molar-refractivity contribution is 0.311. The van der Waals surface area contributed by atoms with Crippen LogP contribution >= 0.6 is 0 Å². The molecule has 0 aliphatic heterocycles. The highest BCUT2D eigenvalue weighted by molar-refractivity contribution is 5.13. The van der Waals surface area contributed by atoms with Crippen LogP contribution in [-0.2, 0) is 6.42 Å². The minimum absolute atomic E-state index is 0.570. The molecule has 19 heavy (non-hydrogen) atoms. The van der Waals surface area contributed by atoms with E-state index in [9.17, 15) is 0 Å². The number of nitrogens with zero attached hydrogens (tertiary/aromatic N) is 1. The van der Waals surface area contributed by atoms with E-state index < -0.39 is 0 Å². The lowest BCUT2D eigenvalue weighted by Gasteiger charge is -2.27. The molecule has 0 saturated carbocycles. The number of rotatable bonds is 9. The molecule has 0 amide bonds. The van der Waals surface area contributed by atoms with Crippen LogP contribution in [0.2, 0.25) is 0 Å². The van der Waals surface area contributed by atoms with Gasteiger partial charge in [0, 0.05) is 24.4 Å². The van der Waals surface area contributed by atoms with Crippen LogP contribution in [0.3, 0.4) is 0 Å². The maximum atomic E-state index is 4.56. The second-order valence-corrected chi connectivity index (χ2v) is 5.53. The zero-order valence-corrected chi connectivity index (χ0v) is 13.1. The maximum Gasteiger partial charge on any atom is 0.0419 e. The van der Waals surface area contributed by atoms with Gasteiger partial charge in [-0.2, -0.15) is 0 Å². The Morgan fingerprint density at radius 2 is 1.79 bits per heavy atom. The average molecular weight is 262 g/mol. The van der Waals surface area contributed by atoms with Crippen molar-refractivity contribution in [2.45, 2.75) is 65.8 Å². The van der Waals surface area contributed by atoms with Crippen LogP contribution in [0, 0.1) is 12.8 Å². The van der Waals surface area contributed by atoms with Crippen molar-refractivity contribution in [3.63, 3.8) is 0 Å². The van der Waals surface area contributed by atoms with E-state index in [1.165, 1.54) is 36.9 Å². The van der Waals surface area contributed by atoms with Crippen molar-refractivity contribution in [3.8, 4) is 0 Å². The van der Waals surface area contributed by atoms with Crippen LogP contribution in [0.4, 0.5) is 0 Å². The van der Waals surface area contributed by atoms with E-state index in [4.69, 9.17) is 0 Å². The molecule has 1 aromatic heterocycles. The maximum absolute atomic E-state index is 4.56. The van der Waals surface area contributed by atoms with Gasteiger partial charge in [0.1, 0.15) is 0 Å². The second kappa shape index (κ2) is 9.08. The first kappa shape index (κ1) is 16.2. The summed E-state index contributed by atoms with van der Waals surface area (Å²) in [5.74, 6) is 0.776. The largest absolute Gasteiger partial charge is 0.314 e. The van der Waals surface area contributed by atoms with Crippen LogP contribution in [0.25, 0.3) is 0 Å². The Hall–Kier alpha value is -0.890. The number of aryl methyl sites for hydroxylation is 1. The van der Waals surface area contributed by atoms with Crippen molar-refractivity contribution >= 4 is 0 Å². The van der Waals surface area contributed by atoms with E-state index in [-0.39, 0.29) is 0 Å². The molecule has 0 saturated heterocycles. The quantitative estimate of drug-likeness (QED) is 0.724. The van der Waals surface area contributed by atoms with Gasteiger partial charge in [0.05, 0.1) is 0 Å². The minimum Gasteiger partial charge on any atom is -0.314 e. The van der Waals surface area contributed by atoms with Gasteiger partial charge in [-0.15, -0.1) is 0 Å². The SMILES string of the molecule is CCCC(CCC)C(Cc1ccc(C)cn1)NCC. The predicted molar refractivity (Wildman–Crippen MR) is 83.4 cm³/mol. The van der Waals surface area contributed by atoms with Crippen molar-refractivity contribution in [2.75, 3.05) is 6.54 Å². The summed E-state index contributed by atoms with van der Waals surface area (Å²) in [5.41, 5.74) is 2.45. The molecule has 1 aromatic rings. The summed E-state index contributed by atoms with van der Waals surface area (Å²) in [6.07, 6.45) is 8.21. The minimum atomic E-state index is 0.570. The first-order valence-corrected chi connectivity index (χ1v) is 7.86. The second-order valence-electron chi connectivity index (χ2n) is 5.53. The predicted octanol–water partition coefficient (Wildman–Crippen LogP) is 4.13. The summed E-state index contributed by atoms with van der Waals surface area (Å²) in [7, 11) is 0. The topological polar surface area (TPSA) is 24.9 Å². The van der Waals surface area contributed by atoms with Crippen LogP contribution < -0.4 is 5.32 Å². The standard InChI is InChI=1S/C17H30N2/c1-5-8-15(9-6-2)17(18-7-3)12-16-11-10-14(4)13-19-16/h10-11,13,15,17-18H,5-9,12H2,1-4H3. The Bertz CT molecular complexity index is 326. The first-order valence-electron chi connectivity index (χ1n) is 7.86. The first-order chi connectivity index (χ1) is 9.21. The van der Waals surface area contributed by atoms with E-state index >= 15 is 0 Å². The molecule has 1 atom stereocenters. The lowest BCUT2D eigenvalue weighted by Crippen LogP contribution is -2.38. The van der Waals surface area contributed by atoms with Crippen LogP contribution in [0.1, 0.15) is 57.7 Å². The Labute approximate surface area is 119 Å². The highest BCUT2D eigenvalue weighted by Crippen LogP contribution is 2.20.